The van der Waals surface area contributed by atoms with Crippen LogP contribution in [-0.2, 0) is 13.0 Å². The van der Waals surface area contributed by atoms with E-state index in [4.69, 9.17) is 14.2 Å². The lowest BCUT2D eigenvalue weighted by Crippen LogP contribution is -2.22. The summed E-state index contributed by atoms with van der Waals surface area (Å²) in [6, 6.07) is 18.7. The molecule has 1 aliphatic rings. The summed E-state index contributed by atoms with van der Waals surface area (Å²) in [6.07, 6.45) is 2.20. The molecule has 7 nitrogen and oxygen atoms in total. The van der Waals surface area contributed by atoms with Gasteiger partial charge in [0.2, 0.25) is 6.79 Å². The third-order valence-electron chi connectivity index (χ3n) is 5.25. The minimum Gasteiger partial charge on any atom is -0.488 e. The first kappa shape index (κ1) is 21.2. The highest BCUT2D eigenvalue weighted by molar-refractivity contribution is 9.10. The van der Waals surface area contributed by atoms with E-state index in [0.29, 0.717) is 41.3 Å². The SMILES string of the molecule is CCc1nc2ccc(Br)cc2c(=O)n1N=Cc1ccccc1OCc1ccc2c(c1)OCO2. The van der Waals surface area contributed by atoms with Crippen LogP contribution in [0, 0.1) is 0 Å². The van der Waals surface area contributed by atoms with Crippen LogP contribution in [0.2, 0.25) is 0 Å². The van der Waals surface area contributed by atoms with Crippen LogP contribution in [0.3, 0.4) is 0 Å². The predicted octanol–water partition coefficient (Wildman–Crippen LogP) is 4.91. The van der Waals surface area contributed by atoms with Crippen LogP contribution in [-0.4, -0.2) is 22.7 Å². The third kappa shape index (κ3) is 4.34. The molecule has 5 rings (SSSR count). The van der Waals surface area contributed by atoms with Crippen molar-refractivity contribution < 1.29 is 14.2 Å². The molecular weight excluding hydrogens is 486 g/mol. The van der Waals surface area contributed by atoms with Crippen molar-refractivity contribution in [3.8, 4) is 17.2 Å². The van der Waals surface area contributed by atoms with E-state index >= 15 is 0 Å². The lowest BCUT2D eigenvalue weighted by molar-refractivity contribution is 0.174. The lowest BCUT2D eigenvalue weighted by atomic mass is 10.2. The van der Waals surface area contributed by atoms with E-state index in [1.807, 2.05) is 61.5 Å². The Kier molecular flexibility index (Phi) is 5.83. The second-order valence-electron chi connectivity index (χ2n) is 7.42. The van der Waals surface area contributed by atoms with Crippen molar-refractivity contribution in [3.05, 3.63) is 92.4 Å². The number of halogens is 1. The zero-order valence-corrected chi connectivity index (χ0v) is 19.4. The van der Waals surface area contributed by atoms with Gasteiger partial charge in [-0.15, -0.1) is 0 Å². The van der Waals surface area contributed by atoms with E-state index in [1.54, 1.807) is 12.3 Å². The first-order valence-electron chi connectivity index (χ1n) is 10.5. The van der Waals surface area contributed by atoms with Crippen LogP contribution in [0.4, 0.5) is 0 Å². The van der Waals surface area contributed by atoms with Crippen molar-refractivity contribution in [2.75, 3.05) is 6.79 Å². The van der Waals surface area contributed by atoms with Gasteiger partial charge in [-0.25, -0.2) is 4.98 Å². The Hall–Kier alpha value is -3.65. The summed E-state index contributed by atoms with van der Waals surface area (Å²) in [7, 11) is 0. The normalized spacial score (nSPS) is 12.5. The smallest absolute Gasteiger partial charge is 0.282 e. The van der Waals surface area contributed by atoms with Crippen LogP contribution >= 0.6 is 15.9 Å². The molecule has 1 aromatic heterocycles. The minimum atomic E-state index is -0.215. The Balaban J connectivity index is 1.43. The molecule has 0 atom stereocenters. The second-order valence-corrected chi connectivity index (χ2v) is 8.33. The van der Waals surface area contributed by atoms with Gasteiger partial charge >= 0.3 is 0 Å². The van der Waals surface area contributed by atoms with Crippen LogP contribution in [0.15, 0.2) is 75.0 Å². The molecule has 4 aromatic rings. The highest BCUT2D eigenvalue weighted by Gasteiger charge is 2.14. The highest BCUT2D eigenvalue weighted by atomic mass is 79.9. The Morgan fingerprint density at radius 2 is 1.97 bits per heavy atom. The van der Waals surface area contributed by atoms with Crippen molar-refractivity contribution in [3.63, 3.8) is 0 Å². The van der Waals surface area contributed by atoms with E-state index in [9.17, 15) is 4.79 Å². The molecule has 0 spiro atoms. The summed E-state index contributed by atoms with van der Waals surface area (Å²) in [6.45, 7) is 2.53. The Bertz CT molecular complexity index is 1430. The summed E-state index contributed by atoms with van der Waals surface area (Å²) in [5.74, 6) is 2.69. The van der Waals surface area contributed by atoms with E-state index < -0.39 is 0 Å². The predicted molar refractivity (Wildman–Crippen MR) is 129 cm³/mol. The molecule has 0 fully saturated rings. The first-order valence-corrected chi connectivity index (χ1v) is 11.3. The van der Waals surface area contributed by atoms with Gasteiger partial charge in [-0.1, -0.05) is 41.1 Å². The maximum absolute atomic E-state index is 13.1. The molecule has 0 unspecified atom stereocenters. The fourth-order valence-electron chi connectivity index (χ4n) is 3.57. The van der Waals surface area contributed by atoms with Crippen LogP contribution in [0.5, 0.6) is 17.2 Å². The maximum atomic E-state index is 13.1. The molecule has 2 heterocycles. The van der Waals surface area contributed by atoms with Crippen molar-refractivity contribution in [2.45, 2.75) is 20.0 Å². The molecule has 33 heavy (non-hydrogen) atoms. The fraction of sp³-hybridized carbons (Fsp3) is 0.160. The highest BCUT2D eigenvalue weighted by Crippen LogP contribution is 2.33. The summed E-state index contributed by atoms with van der Waals surface area (Å²) >= 11 is 3.42. The summed E-state index contributed by atoms with van der Waals surface area (Å²) in [5.41, 5.74) is 2.15. The summed E-state index contributed by atoms with van der Waals surface area (Å²) in [4.78, 5) is 17.7. The van der Waals surface area contributed by atoms with Crippen LogP contribution in [0.1, 0.15) is 23.9 Å². The van der Waals surface area contributed by atoms with Gasteiger partial charge in [0.15, 0.2) is 11.5 Å². The first-order chi connectivity index (χ1) is 16.1. The number of fused-ring (bicyclic) bond motifs is 2. The molecule has 8 heteroatoms. The standard InChI is InChI=1S/C25H20BrN3O4/c1-2-24-28-20-9-8-18(26)12-19(20)25(30)29(24)27-13-17-5-3-4-6-21(17)31-14-16-7-10-22-23(11-16)33-15-32-22/h3-13H,2,14-15H2,1H3. The number of nitrogens with zero attached hydrogens (tertiary/aromatic N) is 3. The van der Waals surface area contributed by atoms with Crippen LogP contribution < -0.4 is 19.8 Å². The van der Waals surface area contributed by atoms with E-state index in [2.05, 4.69) is 26.0 Å². The average Bonchev–Trinajstić information content (AvgIpc) is 3.31. The molecule has 0 aliphatic carbocycles. The summed E-state index contributed by atoms with van der Waals surface area (Å²) < 4.78 is 19.0. The zero-order valence-electron chi connectivity index (χ0n) is 17.8. The Morgan fingerprint density at radius 1 is 1.12 bits per heavy atom. The third-order valence-corrected chi connectivity index (χ3v) is 5.75. The topological polar surface area (TPSA) is 74.9 Å². The number of hydrogen-bond acceptors (Lipinski definition) is 6. The molecule has 3 aromatic carbocycles. The molecule has 0 bridgehead atoms. The molecule has 0 N–H and O–H groups in total. The quantitative estimate of drug-likeness (QED) is 0.348. The average molecular weight is 506 g/mol. The zero-order chi connectivity index (χ0) is 22.8. The largest absolute Gasteiger partial charge is 0.488 e. The maximum Gasteiger partial charge on any atom is 0.282 e. The van der Waals surface area contributed by atoms with E-state index in [-0.39, 0.29) is 12.4 Å². The second kappa shape index (κ2) is 9.07. The van der Waals surface area contributed by atoms with Crippen molar-refractivity contribution in [1.29, 1.82) is 0 Å². The fourth-order valence-corrected chi connectivity index (χ4v) is 3.93. The molecule has 1 aliphatic heterocycles. The monoisotopic (exact) mass is 505 g/mol. The van der Waals surface area contributed by atoms with Gasteiger partial charge in [-0.3, -0.25) is 4.79 Å². The van der Waals surface area contributed by atoms with Crippen LogP contribution in [0.25, 0.3) is 10.9 Å². The van der Waals surface area contributed by atoms with E-state index in [1.165, 1.54) is 4.68 Å². The number of benzene rings is 3. The van der Waals surface area contributed by atoms with Crippen molar-refractivity contribution in [2.24, 2.45) is 5.10 Å². The minimum absolute atomic E-state index is 0.215. The molecule has 166 valence electrons. The number of aromatic nitrogens is 2. The van der Waals surface area contributed by atoms with Gasteiger partial charge in [0, 0.05) is 16.5 Å². The van der Waals surface area contributed by atoms with Crippen molar-refractivity contribution in [1.82, 2.24) is 9.66 Å². The molecule has 0 amide bonds. The lowest BCUT2D eigenvalue weighted by Gasteiger charge is -2.10. The molecule has 0 saturated heterocycles. The van der Waals surface area contributed by atoms with Gasteiger partial charge in [0.05, 0.1) is 17.1 Å². The Morgan fingerprint density at radius 3 is 2.85 bits per heavy atom. The Labute approximate surface area is 198 Å². The van der Waals surface area contributed by atoms with Gasteiger partial charge < -0.3 is 14.2 Å². The number of ether oxygens (including phenoxy) is 3. The van der Waals surface area contributed by atoms with Crippen molar-refractivity contribution >= 4 is 33.0 Å². The van der Waals surface area contributed by atoms with Gasteiger partial charge in [0.1, 0.15) is 18.2 Å². The summed E-state index contributed by atoms with van der Waals surface area (Å²) in [5, 5.41) is 4.98. The molecular formula is C25H20BrN3O4. The van der Waals surface area contributed by atoms with E-state index in [0.717, 1.165) is 21.3 Å². The molecule has 0 saturated carbocycles. The molecule has 0 radical (unpaired) electrons. The van der Waals surface area contributed by atoms with Gasteiger partial charge in [-0.05, 0) is 48.0 Å². The number of aryl methyl sites for hydroxylation is 1. The number of rotatable bonds is 6. The van der Waals surface area contributed by atoms with Gasteiger partial charge in [0.25, 0.3) is 5.56 Å². The number of para-hydroxylation sites is 1. The van der Waals surface area contributed by atoms with Gasteiger partial charge in [-0.2, -0.15) is 9.78 Å². The number of hydrogen-bond donors (Lipinski definition) is 0.